The van der Waals surface area contributed by atoms with Crippen LogP contribution in [0.1, 0.15) is 10.4 Å². The standard InChI is InChI=1S/C33H26F4N4O4.ClH.H2O/c1-44-28-12-7-21(14-29(28)45-2)22-13-25(31(38)39-15-22)19-5-10-24(11-6-19)40-32(43)27-17-41(18-33(35,36)37)16-26(30(27)42)20-3-8-23(34)9-4-20;;/h3-17H,18H2,1-2H3,(H2,38,39)(H,40,43);1H;1H2. The zero-order valence-electron chi connectivity index (χ0n) is 24.9. The molecule has 246 valence electrons. The number of hydrogen-bond donors (Lipinski definition) is 2. The summed E-state index contributed by atoms with van der Waals surface area (Å²) in [5, 5.41) is 2.56. The first-order valence-corrected chi connectivity index (χ1v) is 13.4. The number of hydrogen-bond acceptors (Lipinski definition) is 6. The summed E-state index contributed by atoms with van der Waals surface area (Å²) in [6, 6.07) is 18.4. The lowest BCUT2D eigenvalue weighted by Gasteiger charge is -2.14. The van der Waals surface area contributed by atoms with Crippen LogP contribution < -0.4 is 26.0 Å². The van der Waals surface area contributed by atoms with E-state index < -0.39 is 35.4 Å². The number of nitrogens with zero attached hydrogens (tertiary/aromatic N) is 2. The Balaban J connectivity index is 0.00000300. The van der Waals surface area contributed by atoms with Gasteiger partial charge in [0.1, 0.15) is 23.7 Å². The molecule has 0 bridgehead atoms. The molecule has 47 heavy (non-hydrogen) atoms. The van der Waals surface area contributed by atoms with Gasteiger partial charge >= 0.3 is 6.18 Å². The summed E-state index contributed by atoms with van der Waals surface area (Å²) in [5.74, 6) is -0.120. The first-order chi connectivity index (χ1) is 21.5. The summed E-state index contributed by atoms with van der Waals surface area (Å²) in [5.41, 5.74) is 7.97. The van der Waals surface area contributed by atoms with Crippen molar-refractivity contribution in [2.24, 2.45) is 0 Å². The maximum atomic E-state index is 13.4. The van der Waals surface area contributed by atoms with Crippen LogP contribution in [0, 0.1) is 5.82 Å². The summed E-state index contributed by atoms with van der Waals surface area (Å²) < 4.78 is 64.5. The number of carbonyl (C=O) groups excluding carboxylic acids is 1. The number of benzene rings is 3. The van der Waals surface area contributed by atoms with Gasteiger partial charge in [0.05, 0.1) is 14.2 Å². The van der Waals surface area contributed by atoms with Gasteiger partial charge in [0, 0.05) is 41.0 Å². The number of ether oxygens (including phenoxy) is 2. The zero-order chi connectivity index (χ0) is 32.3. The number of carbonyl (C=O) groups is 1. The quantitative estimate of drug-likeness (QED) is 0.183. The van der Waals surface area contributed by atoms with Gasteiger partial charge in [0.15, 0.2) is 11.5 Å². The number of nitrogen functional groups attached to an aromatic ring is 1. The average Bonchev–Trinajstić information content (AvgIpc) is 3.02. The maximum Gasteiger partial charge on any atom is 0.406 e. The summed E-state index contributed by atoms with van der Waals surface area (Å²) in [7, 11) is 3.08. The van der Waals surface area contributed by atoms with E-state index in [-0.39, 0.29) is 40.5 Å². The number of rotatable bonds is 8. The number of halogens is 5. The summed E-state index contributed by atoms with van der Waals surface area (Å²) in [6.07, 6.45) is -1.16. The second-order valence-corrected chi connectivity index (χ2v) is 9.97. The Bertz CT molecular complexity index is 1930. The first kappa shape index (κ1) is 36.1. The van der Waals surface area contributed by atoms with E-state index in [0.29, 0.717) is 27.2 Å². The van der Waals surface area contributed by atoms with Crippen LogP contribution in [0.4, 0.5) is 29.1 Å². The molecule has 0 aliphatic heterocycles. The number of alkyl halides is 3. The Morgan fingerprint density at radius 3 is 2.06 bits per heavy atom. The molecular weight excluding hydrogens is 644 g/mol. The molecule has 3 aromatic carbocycles. The van der Waals surface area contributed by atoms with Crippen LogP contribution in [0.15, 0.2) is 96.2 Å². The van der Waals surface area contributed by atoms with Crippen molar-refractivity contribution < 1.29 is 37.3 Å². The largest absolute Gasteiger partial charge is 0.493 e. The lowest BCUT2D eigenvalue weighted by atomic mass is 10.0. The predicted molar refractivity (Wildman–Crippen MR) is 174 cm³/mol. The number of amides is 1. The highest BCUT2D eigenvalue weighted by Gasteiger charge is 2.29. The van der Waals surface area contributed by atoms with Crippen molar-refractivity contribution in [3.63, 3.8) is 0 Å². The van der Waals surface area contributed by atoms with E-state index in [0.717, 1.165) is 35.7 Å². The molecule has 0 aliphatic carbocycles. The molecule has 0 radical (unpaired) electrons. The Labute approximate surface area is 272 Å². The van der Waals surface area contributed by atoms with Crippen LogP contribution in [0.2, 0.25) is 0 Å². The topological polar surface area (TPSA) is 140 Å². The molecule has 2 heterocycles. The third kappa shape index (κ3) is 8.26. The fourth-order valence-corrected chi connectivity index (χ4v) is 4.74. The highest BCUT2D eigenvalue weighted by molar-refractivity contribution is 6.04. The Hall–Kier alpha value is -5.40. The molecule has 0 aliphatic rings. The predicted octanol–water partition coefficient (Wildman–Crippen LogP) is 6.39. The van der Waals surface area contributed by atoms with Gasteiger partial charge in [0.2, 0.25) is 5.43 Å². The molecule has 1 amide bonds. The van der Waals surface area contributed by atoms with Crippen LogP contribution in [0.25, 0.3) is 33.4 Å². The monoisotopic (exact) mass is 672 g/mol. The van der Waals surface area contributed by atoms with Crippen LogP contribution >= 0.6 is 12.4 Å². The third-order valence-corrected chi connectivity index (χ3v) is 6.93. The smallest absolute Gasteiger partial charge is 0.406 e. The normalized spacial score (nSPS) is 10.8. The van der Waals surface area contributed by atoms with Gasteiger partial charge < -0.3 is 30.6 Å². The highest BCUT2D eigenvalue weighted by Crippen LogP contribution is 2.35. The van der Waals surface area contributed by atoms with Gasteiger partial charge in [-0.2, -0.15) is 13.2 Å². The Morgan fingerprint density at radius 2 is 1.45 bits per heavy atom. The van der Waals surface area contributed by atoms with Crippen molar-refractivity contribution in [3.8, 4) is 44.9 Å². The van der Waals surface area contributed by atoms with E-state index >= 15 is 0 Å². The third-order valence-electron chi connectivity index (χ3n) is 6.93. The van der Waals surface area contributed by atoms with Crippen LogP contribution in [0.3, 0.4) is 0 Å². The van der Waals surface area contributed by atoms with E-state index in [9.17, 15) is 27.2 Å². The Kier molecular flexibility index (Phi) is 11.4. The van der Waals surface area contributed by atoms with Crippen molar-refractivity contribution in [3.05, 3.63) is 113 Å². The van der Waals surface area contributed by atoms with E-state index in [1.807, 2.05) is 18.2 Å². The van der Waals surface area contributed by atoms with E-state index in [2.05, 4.69) is 10.3 Å². The Morgan fingerprint density at radius 1 is 0.851 bits per heavy atom. The van der Waals surface area contributed by atoms with Crippen LogP contribution in [0.5, 0.6) is 11.5 Å². The van der Waals surface area contributed by atoms with E-state index in [4.69, 9.17) is 15.2 Å². The summed E-state index contributed by atoms with van der Waals surface area (Å²) >= 11 is 0. The molecule has 5 aromatic rings. The molecule has 0 saturated carbocycles. The van der Waals surface area contributed by atoms with Crippen LogP contribution in [-0.4, -0.2) is 41.3 Å². The molecule has 0 unspecified atom stereocenters. The number of methoxy groups -OCH3 is 2. The van der Waals surface area contributed by atoms with Crippen molar-refractivity contribution in [2.75, 3.05) is 25.3 Å². The molecule has 0 spiro atoms. The van der Waals surface area contributed by atoms with E-state index in [1.165, 1.54) is 19.2 Å². The molecule has 0 saturated heterocycles. The van der Waals surface area contributed by atoms with Gasteiger partial charge in [-0.3, -0.25) is 9.59 Å². The number of nitrogens with two attached hydrogens (primary N) is 1. The fourth-order valence-electron chi connectivity index (χ4n) is 4.74. The minimum absolute atomic E-state index is 0. The fraction of sp³-hybridized carbons (Fsp3) is 0.121. The molecule has 5 rings (SSSR count). The molecule has 0 atom stereocenters. The second kappa shape index (κ2) is 14.8. The highest BCUT2D eigenvalue weighted by atomic mass is 35.5. The number of anilines is 2. The average molecular weight is 673 g/mol. The molecule has 9 nitrogen and oxygen atoms in total. The van der Waals surface area contributed by atoms with Gasteiger partial charge in [-0.05, 0) is 59.2 Å². The number of aromatic nitrogens is 2. The van der Waals surface area contributed by atoms with Crippen molar-refractivity contribution in [1.29, 1.82) is 0 Å². The molecule has 14 heteroatoms. The molecular formula is C33H29ClF4N4O5. The zero-order valence-corrected chi connectivity index (χ0v) is 25.7. The van der Waals surface area contributed by atoms with Crippen LogP contribution in [-0.2, 0) is 6.54 Å². The maximum absolute atomic E-state index is 13.4. The second-order valence-electron chi connectivity index (χ2n) is 9.97. The van der Waals surface area contributed by atoms with Crippen molar-refractivity contribution >= 4 is 29.8 Å². The lowest BCUT2D eigenvalue weighted by Crippen LogP contribution is -2.27. The van der Waals surface area contributed by atoms with Gasteiger partial charge in [-0.15, -0.1) is 12.4 Å². The summed E-state index contributed by atoms with van der Waals surface area (Å²) in [6.45, 7) is -1.44. The van der Waals surface area contributed by atoms with E-state index in [1.54, 1.807) is 43.6 Å². The number of pyridine rings is 2. The van der Waals surface area contributed by atoms with Gasteiger partial charge in [0.25, 0.3) is 5.91 Å². The first-order valence-electron chi connectivity index (χ1n) is 13.4. The minimum atomic E-state index is -4.62. The molecule has 0 fully saturated rings. The SMILES string of the molecule is COc1ccc(-c2cnc(N)c(-c3ccc(NC(=O)c4cn(CC(F)(F)F)cc(-c5ccc(F)cc5)c4=O)cc3)c2)cc1OC.Cl.O. The van der Waals surface area contributed by atoms with Gasteiger partial charge in [-0.25, -0.2) is 9.37 Å². The van der Waals surface area contributed by atoms with Crippen molar-refractivity contribution in [1.82, 2.24) is 9.55 Å². The lowest BCUT2D eigenvalue weighted by molar-refractivity contribution is -0.140. The molecule has 2 aromatic heterocycles. The molecule has 5 N–H and O–H groups in total. The summed E-state index contributed by atoms with van der Waals surface area (Å²) in [4.78, 5) is 30.7. The number of nitrogens with one attached hydrogen (secondary N) is 1. The van der Waals surface area contributed by atoms with Crippen molar-refractivity contribution in [2.45, 2.75) is 12.7 Å². The minimum Gasteiger partial charge on any atom is -0.493 e. The van der Waals surface area contributed by atoms with Gasteiger partial charge in [-0.1, -0.05) is 30.3 Å².